The third-order valence-electron chi connectivity index (χ3n) is 2.75. The number of rotatable bonds is 4. The van der Waals surface area contributed by atoms with E-state index >= 15 is 0 Å². The van der Waals surface area contributed by atoms with Gasteiger partial charge in [0.1, 0.15) is 6.26 Å². The van der Waals surface area contributed by atoms with Crippen molar-refractivity contribution in [1.82, 2.24) is 9.88 Å². The largest absolute Gasteiger partial charge is 0.478 e. The van der Waals surface area contributed by atoms with E-state index in [9.17, 15) is 9.59 Å². The van der Waals surface area contributed by atoms with E-state index in [1.807, 2.05) is 25.1 Å². The van der Waals surface area contributed by atoms with Gasteiger partial charge in [0.05, 0.1) is 17.8 Å². The Morgan fingerprint density at radius 2 is 2.15 bits per heavy atom. The number of hydrogen-bond acceptors (Lipinski definition) is 4. The molecule has 2 aromatic rings. The molecule has 0 spiro atoms. The van der Waals surface area contributed by atoms with Crippen molar-refractivity contribution in [2.75, 3.05) is 7.05 Å². The molecule has 0 bridgehead atoms. The maximum Gasteiger partial charge on any atom is 0.338 e. The van der Waals surface area contributed by atoms with E-state index in [0.29, 0.717) is 6.54 Å². The first-order chi connectivity index (χ1) is 9.47. The van der Waals surface area contributed by atoms with E-state index in [2.05, 4.69) is 4.98 Å². The number of nitrogens with zero attached hydrogens (tertiary/aromatic N) is 2. The van der Waals surface area contributed by atoms with Crippen LogP contribution in [0.5, 0.6) is 0 Å². The Hall–Kier alpha value is -2.63. The van der Waals surface area contributed by atoms with Gasteiger partial charge in [-0.15, -0.1) is 0 Å². The summed E-state index contributed by atoms with van der Waals surface area (Å²) in [7, 11) is 1.61. The molecule has 2 rings (SSSR count). The molecule has 0 radical (unpaired) electrons. The van der Waals surface area contributed by atoms with Crippen LogP contribution in [0.3, 0.4) is 0 Å². The SMILES string of the molecule is Cc1cccc(CN(C)C(=O)c2cc(C(=O)O)co2)n1. The molecule has 6 heteroatoms. The number of carboxylic acid groups (broad SMARTS) is 1. The molecule has 0 aliphatic rings. The van der Waals surface area contributed by atoms with Crippen molar-refractivity contribution in [3.8, 4) is 0 Å². The lowest BCUT2D eigenvalue weighted by atomic mass is 10.2. The lowest BCUT2D eigenvalue weighted by Gasteiger charge is -2.15. The molecule has 0 fully saturated rings. The van der Waals surface area contributed by atoms with Crippen LogP contribution in [0.4, 0.5) is 0 Å². The molecule has 0 aliphatic heterocycles. The summed E-state index contributed by atoms with van der Waals surface area (Å²) in [6.45, 7) is 2.20. The van der Waals surface area contributed by atoms with Gasteiger partial charge in [-0.05, 0) is 19.1 Å². The molecule has 0 saturated heterocycles. The third kappa shape index (κ3) is 3.03. The zero-order valence-electron chi connectivity index (χ0n) is 11.2. The summed E-state index contributed by atoms with van der Waals surface area (Å²) in [5.74, 6) is -1.52. The first kappa shape index (κ1) is 13.8. The number of pyridine rings is 1. The lowest BCUT2D eigenvalue weighted by Crippen LogP contribution is -2.26. The Bertz CT molecular complexity index is 648. The second kappa shape index (κ2) is 5.56. The normalized spacial score (nSPS) is 10.3. The van der Waals surface area contributed by atoms with Crippen molar-refractivity contribution in [3.05, 3.63) is 53.2 Å². The van der Waals surface area contributed by atoms with Crippen LogP contribution in [-0.2, 0) is 6.54 Å². The van der Waals surface area contributed by atoms with Crippen molar-refractivity contribution in [2.45, 2.75) is 13.5 Å². The highest BCUT2D eigenvalue weighted by Crippen LogP contribution is 2.12. The molecule has 20 heavy (non-hydrogen) atoms. The fourth-order valence-electron chi connectivity index (χ4n) is 1.75. The van der Waals surface area contributed by atoms with E-state index in [-0.39, 0.29) is 17.2 Å². The minimum atomic E-state index is -1.13. The number of carboxylic acids is 1. The van der Waals surface area contributed by atoms with Crippen molar-refractivity contribution in [3.63, 3.8) is 0 Å². The molecule has 1 N–H and O–H groups in total. The van der Waals surface area contributed by atoms with Crippen LogP contribution in [0, 0.1) is 6.92 Å². The van der Waals surface area contributed by atoms with Gasteiger partial charge in [0, 0.05) is 18.8 Å². The number of hydrogen-bond donors (Lipinski definition) is 1. The first-order valence-electron chi connectivity index (χ1n) is 5.97. The number of furan rings is 1. The minimum Gasteiger partial charge on any atom is -0.478 e. The van der Waals surface area contributed by atoms with Gasteiger partial charge in [-0.1, -0.05) is 6.07 Å². The molecule has 1 amide bonds. The molecule has 0 unspecified atom stereocenters. The summed E-state index contributed by atoms with van der Waals surface area (Å²) in [6.07, 6.45) is 1.05. The van der Waals surface area contributed by atoms with Crippen LogP contribution < -0.4 is 0 Å². The van der Waals surface area contributed by atoms with Crippen molar-refractivity contribution in [2.24, 2.45) is 0 Å². The maximum absolute atomic E-state index is 12.1. The number of amides is 1. The fraction of sp³-hybridized carbons (Fsp3) is 0.214. The Labute approximate surface area is 115 Å². The van der Waals surface area contributed by atoms with Crippen LogP contribution in [0.1, 0.15) is 32.3 Å². The van der Waals surface area contributed by atoms with Crippen molar-refractivity contribution >= 4 is 11.9 Å². The lowest BCUT2D eigenvalue weighted by molar-refractivity contribution is 0.0695. The summed E-state index contributed by atoms with van der Waals surface area (Å²) in [6, 6.07) is 6.77. The Morgan fingerprint density at radius 1 is 1.40 bits per heavy atom. The second-order valence-corrected chi connectivity index (χ2v) is 4.44. The predicted molar refractivity (Wildman–Crippen MR) is 70.4 cm³/mol. The first-order valence-corrected chi connectivity index (χ1v) is 5.97. The standard InChI is InChI=1S/C14H14N2O4/c1-9-4-3-5-11(15-9)7-16(2)13(17)12-6-10(8-20-12)14(18)19/h3-6,8H,7H2,1-2H3,(H,18,19). The van der Waals surface area contributed by atoms with Crippen molar-refractivity contribution in [1.29, 1.82) is 0 Å². The molecule has 0 aliphatic carbocycles. The molecule has 0 aromatic carbocycles. The Kier molecular flexibility index (Phi) is 3.84. The average Bonchev–Trinajstić information content (AvgIpc) is 2.87. The van der Waals surface area contributed by atoms with E-state index < -0.39 is 5.97 Å². The summed E-state index contributed by atoms with van der Waals surface area (Å²) in [4.78, 5) is 28.5. The van der Waals surface area contributed by atoms with Gasteiger partial charge in [0.15, 0.2) is 5.76 Å². The molecular weight excluding hydrogens is 260 g/mol. The Balaban J connectivity index is 2.10. The zero-order valence-corrected chi connectivity index (χ0v) is 11.2. The quantitative estimate of drug-likeness (QED) is 0.921. The van der Waals surface area contributed by atoms with Crippen LogP contribution >= 0.6 is 0 Å². The van der Waals surface area contributed by atoms with Gasteiger partial charge in [-0.25, -0.2) is 4.79 Å². The number of carbonyl (C=O) groups is 2. The van der Waals surface area contributed by atoms with Gasteiger partial charge in [-0.2, -0.15) is 0 Å². The van der Waals surface area contributed by atoms with Crippen LogP contribution in [0.25, 0.3) is 0 Å². The fourth-order valence-corrected chi connectivity index (χ4v) is 1.75. The zero-order chi connectivity index (χ0) is 14.7. The van der Waals surface area contributed by atoms with Crippen molar-refractivity contribution < 1.29 is 19.1 Å². The molecule has 0 atom stereocenters. The van der Waals surface area contributed by atoms with Crippen LogP contribution in [0.15, 0.2) is 34.9 Å². The highest BCUT2D eigenvalue weighted by molar-refractivity contribution is 5.95. The number of aromatic nitrogens is 1. The highest BCUT2D eigenvalue weighted by Gasteiger charge is 2.18. The molecular formula is C14H14N2O4. The molecule has 6 nitrogen and oxygen atoms in total. The molecule has 0 saturated carbocycles. The average molecular weight is 274 g/mol. The topological polar surface area (TPSA) is 83.6 Å². The molecule has 2 aromatic heterocycles. The van der Waals surface area contributed by atoms with Gasteiger partial charge in [-0.3, -0.25) is 9.78 Å². The Morgan fingerprint density at radius 3 is 2.75 bits per heavy atom. The van der Waals surface area contributed by atoms with Gasteiger partial charge in [0.25, 0.3) is 5.91 Å². The van der Waals surface area contributed by atoms with E-state index in [0.717, 1.165) is 17.7 Å². The van der Waals surface area contributed by atoms with E-state index in [1.165, 1.54) is 11.0 Å². The maximum atomic E-state index is 12.1. The van der Waals surface area contributed by atoms with E-state index in [4.69, 9.17) is 9.52 Å². The third-order valence-corrected chi connectivity index (χ3v) is 2.75. The van der Waals surface area contributed by atoms with Crippen LogP contribution in [-0.4, -0.2) is 33.9 Å². The van der Waals surface area contributed by atoms with Gasteiger partial charge in [0.2, 0.25) is 0 Å². The van der Waals surface area contributed by atoms with Gasteiger partial charge < -0.3 is 14.4 Å². The predicted octanol–water partition coefficient (Wildman–Crippen LogP) is 1.95. The van der Waals surface area contributed by atoms with Gasteiger partial charge >= 0.3 is 5.97 Å². The minimum absolute atomic E-state index is 0.00227. The van der Waals surface area contributed by atoms with Crippen LogP contribution in [0.2, 0.25) is 0 Å². The summed E-state index contributed by atoms with van der Waals surface area (Å²) >= 11 is 0. The van der Waals surface area contributed by atoms with E-state index in [1.54, 1.807) is 7.05 Å². The number of aryl methyl sites for hydroxylation is 1. The number of aromatic carboxylic acids is 1. The number of carbonyl (C=O) groups excluding carboxylic acids is 1. The second-order valence-electron chi connectivity index (χ2n) is 4.44. The summed E-state index contributed by atoms with van der Waals surface area (Å²) in [5, 5.41) is 8.79. The summed E-state index contributed by atoms with van der Waals surface area (Å²) in [5.41, 5.74) is 1.58. The molecule has 104 valence electrons. The smallest absolute Gasteiger partial charge is 0.338 e. The molecule has 2 heterocycles. The monoisotopic (exact) mass is 274 g/mol. The summed E-state index contributed by atoms with van der Waals surface area (Å²) < 4.78 is 4.98. The highest BCUT2D eigenvalue weighted by atomic mass is 16.4.